The minimum absolute atomic E-state index is 0.0990. The van der Waals surface area contributed by atoms with Crippen molar-refractivity contribution >= 4 is 5.97 Å². The van der Waals surface area contributed by atoms with Crippen LogP contribution >= 0.6 is 0 Å². The van der Waals surface area contributed by atoms with Gasteiger partial charge in [0, 0.05) is 5.57 Å². The summed E-state index contributed by atoms with van der Waals surface area (Å²) in [4.78, 5) is 11.4. The fourth-order valence-corrected chi connectivity index (χ4v) is 2.55. The molecule has 78 valence electrons. The van der Waals surface area contributed by atoms with Crippen molar-refractivity contribution in [1.82, 2.24) is 0 Å². The number of ether oxygens (including phenoxy) is 1. The van der Waals surface area contributed by atoms with E-state index in [9.17, 15) is 4.79 Å². The zero-order valence-electron chi connectivity index (χ0n) is 9.01. The summed E-state index contributed by atoms with van der Waals surface area (Å²) in [6, 6.07) is 0. The van der Waals surface area contributed by atoms with Gasteiger partial charge in [-0.1, -0.05) is 19.3 Å². The van der Waals surface area contributed by atoms with Gasteiger partial charge in [0.25, 0.3) is 0 Å². The number of cyclic esters (lactones) is 1. The average molecular weight is 194 g/mol. The predicted octanol–water partition coefficient (Wildman–Crippen LogP) is 2.83. The first-order chi connectivity index (χ1) is 6.70. The van der Waals surface area contributed by atoms with Crippen molar-refractivity contribution in [2.75, 3.05) is 0 Å². The maximum absolute atomic E-state index is 11.4. The Morgan fingerprint density at radius 3 is 2.29 bits per heavy atom. The molecule has 0 saturated heterocycles. The lowest BCUT2D eigenvalue weighted by Gasteiger charge is -2.27. The third-order valence-electron chi connectivity index (χ3n) is 3.64. The fourth-order valence-electron chi connectivity index (χ4n) is 2.55. The van der Waals surface area contributed by atoms with E-state index in [1.54, 1.807) is 0 Å². The van der Waals surface area contributed by atoms with E-state index in [4.69, 9.17) is 4.74 Å². The zero-order valence-corrected chi connectivity index (χ0v) is 9.01. The summed E-state index contributed by atoms with van der Waals surface area (Å²) in [5.74, 6) is 0.489. The molecule has 2 aliphatic rings. The van der Waals surface area contributed by atoms with Crippen molar-refractivity contribution in [2.45, 2.75) is 52.1 Å². The summed E-state index contributed by atoms with van der Waals surface area (Å²) < 4.78 is 5.41. The van der Waals surface area contributed by atoms with Crippen molar-refractivity contribution in [1.29, 1.82) is 0 Å². The molecule has 0 amide bonds. The summed E-state index contributed by atoms with van der Waals surface area (Å²) in [5.41, 5.74) is 2.00. The molecule has 1 atom stereocenters. The number of hydrogen-bond donors (Lipinski definition) is 0. The quantitative estimate of drug-likeness (QED) is 0.600. The highest BCUT2D eigenvalue weighted by Crippen LogP contribution is 2.35. The first kappa shape index (κ1) is 9.75. The lowest BCUT2D eigenvalue weighted by Crippen LogP contribution is -2.24. The van der Waals surface area contributed by atoms with E-state index in [1.165, 1.54) is 37.7 Å². The molecule has 2 rings (SSSR count). The van der Waals surface area contributed by atoms with Crippen molar-refractivity contribution in [3.8, 4) is 0 Å². The Hall–Kier alpha value is -0.790. The number of carbonyl (C=O) groups is 1. The Balaban J connectivity index is 2.09. The molecule has 1 heterocycles. The van der Waals surface area contributed by atoms with Gasteiger partial charge in [0.05, 0.1) is 0 Å². The minimum atomic E-state index is -0.0990. The minimum Gasteiger partial charge on any atom is -0.454 e. The van der Waals surface area contributed by atoms with Gasteiger partial charge in [0.1, 0.15) is 6.10 Å². The lowest BCUT2D eigenvalue weighted by atomic mass is 9.83. The maximum atomic E-state index is 11.4. The number of carbonyl (C=O) groups excluding carboxylic acids is 1. The van der Waals surface area contributed by atoms with Crippen LogP contribution in [0.2, 0.25) is 0 Å². The van der Waals surface area contributed by atoms with Crippen LogP contribution in [0.5, 0.6) is 0 Å². The Kier molecular flexibility index (Phi) is 2.62. The standard InChI is InChI=1S/C12H18O2/c1-8-9(2)12(13)14-11(8)10-6-4-3-5-7-10/h10-11H,3-7H2,1-2H3. The summed E-state index contributed by atoms with van der Waals surface area (Å²) in [5, 5.41) is 0. The molecule has 0 N–H and O–H groups in total. The fraction of sp³-hybridized carbons (Fsp3) is 0.750. The van der Waals surface area contributed by atoms with Crippen LogP contribution in [0.25, 0.3) is 0 Å². The van der Waals surface area contributed by atoms with Crippen molar-refractivity contribution in [3.63, 3.8) is 0 Å². The van der Waals surface area contributed by atoms with Crippen LogP contribution in [0.1, 0.15) is 46.0 Å². The van der Waals surface area contributed by atoms with E-state index in [1.807, 2.05) is 13.8 Å². The highest BCUT2D eigenvalue weighted by molar-refractivity contribution is 5.91. The summed E-state index contributed by atoms with van der Waals surface area (Å²) >= 11 is 0. The molecule has 0 spiro atoms. The molecule has 0 aromatic rings. The van der Waals surface area contributed by atoms with Gasteiger partial charge in [-0.05, 0) is 38.2 Å². The molecular weight excluding hydrogens is 176 g/mol. The largest absolute Gasteiger partial charge is 0.454 e. The molecule has 0 radical (unpaired) electrons. The topological polar surface area (TPSA) is 26.3 Å². The second-order valence-corrected chi connectivity index (χ2v) is 4.53. The van der Waals surface area contributed by atoms with Crippen molar-refractivity contribution < 1.29 is 9.53 Å². The lowest BCUT2D eigenvalue weighted by molar-refractivity contribution is -0.142. The van der Waals surface area contributed by atoms with Crippen LogP contribution in [-0.4, -0.2) is 12.1 Å². The van der Waals surface area contributed by atoms with Crippen LogP contribution < -0.4 is 0 Å². The molecule has 1 aliphatic carbocycles. The molecule has 0 aromatic heterocycles. The van der Waals surface area contributed by atoms with Crippen molar-refractivity contribution in [3.05, 3.63) is 11.1 Å². The zero-order chi connectivity index (χ0) is 10.1. The van der Waals surface area contributed by atoms with Crippen molar-refractivity contribution in [2.24, 2.45) is 5.92 Å². The summed E-state index contributed by atoms with van der Waals surface area (Å²) in [6.45, 7) is 3.92. The first-order valence-corrected chi connectivity index (χ1v) is 5.58. The molecular formula is C12H18O2. The Bertz CT molecular complexity index is 272. The van der Waals surface area contributed by atoms with Crippen LogP contribution in [0.3, 0.4) is 0 Å². The van der Waals surface area contributed by atoms with Crippen LogP contribution in [0, 0.1) is 5.92 Å². The molecule has 1 saturated carbocycles. The van der Waals surface area contributed by atoms with Crippen LogP contribution in [-0.2, 0) is 9.53 Å². The molecule has 1 aliphatic heterocycles. The molecule has 0 bridgehead atoms. The summed E-state index contributed by atoms with van der Waals surface area (Å²) in [6.07, 6.45) is 6.49. The van der Waals surface area contributed by atoms with E-state index in [0.717, 1.165) is 5.57 Å². The average Bonchev–Trinajstić information content (AvgIpc) is 2.47. The Morgan fingerprint density at radius 2 is 1.79 bits per heavy atom. The predicted molar refractivity (Wildman–Crippen MR) is 54.8 cm³/mol. The van der Waals surface area contributed by atoms with Crippen LogP contribution in [0.4, 0.5) is 0 Å². The van der Waals surface area contributed by atoms with E-state index in [0.29, 0.717) is 5.92 Å². The third-order valence-corrected chi connectivity index (χ3v) is 3.64. The molecule has 2 nitrogen and oxygen atoms in total. The molecule has 14 heavy (non-hydrogen) atoms. The first-order valence-electron chi connectivity index (χ1n) is 5.58. The number of esters is 1. The monoisotopic (exact) mass is 194 g/mol. The second kappa shape index (κ2) is 3.76. The number of hydrogen-bond acceptors (Lipinski definition) is 2. The molecule has 2 heteroatoms. The van der Waals surface area contributed by atoms with Gasteiger partial charge in [-0.3, -0.25) is 0 Å². The molecule has 1 unspecified atom stereocenters. The van der Waals surface area contributed by atoms with E-state index in [-0.39, 0.29) is 12.1 Å². The van der Waals surface area contributed by atoms with Gasteiger partial charge in [0.15, 0.2) is 0 Å². The smallest absolute Gasteiger partial charge is 0.334 e. The molecule has 0 aromatic carbocycles. The van der Waals surface area contributed by atoms with Gasteiger partial charge in [-0.2, -0.15) is 0 Å². The maximum Gasteiger partial charge on any atom is 0.334 e. The summed E-state index contributed by atoms with van der Waals surface area (Å²) in [7, 11) is 0. The number of rotatable bonds is 1. The van der Waals surface area contributed by atoms with Gasteiger partial charge < -0.3 is 4.74 Å². The second-order valence-electron chi connectivity index (χ2n) is 4.53. The van der Waals surface area contributed by atoms with Gasteiger partial charge in [-0.15, -0.1) is 0 Å². The van der Waals surface area contributed by atoms with E-state index < -0.39 is 0 Å². The van der Waals surface area contributed by atoms with Crippen LogP contribution in [0.15, 0.2) is 11.1 Å². The van der Waals surface area contributed by atoms with Gasteiger partial charge >= 0.3 is 5.97 Å². The Labute approximate surface area is 85.3 Å². The van der Waals surface area contributed by atoms with Gasteiger partial charge in [0.2, 0.25) is 0 Å². The highest BCUT2D eigenvalue weighted by atomic mass is 16.5. The molecule has 1 fully saturated rings. The van der Waals surface area contributed by atoms with E-state index in [2.05, 4.69) is 0 Å². The highest BCUT2D eigenvalue weighted by Gasteiger charge is 2.34. The SMILES string of the molecule is CC1=C(C)C(C2CCCCC2)OC1=O. The van der Waals surface area contributed by atoms with E-state index >= 15 is 0 Å². The Morgan fingerprint density at radius 1 is 1.14 bits per heavy atom. The normalized spacial score (nSPS) is 29.6. The van der Waals surface area contributed by atoms with Gasteiger partial charge in [-0.25, -0.2) is 4.79 Å². The third kappa shape index (κ3) is 1.58.